The normalized spacial score (nSPS) is 9.71. The van der Waals surface area contributed by atoms with Crippen molar-refractivity contribution in [1.29, 1.82) is 0 Å². The summed E-state index contributed by atoms with van der Waals surface area (Å²) in [5.74, 6) is -1.01. The maximum Gasteiger partial charge on any atom is 0.222 e. The fraction of sp³-hybridized carbons (Fsp3) is 0. The second kappa shape index (κ2) is 4.84. The number of rotatable bonds is 1. The third kappa shape index (κ3) is 2.54. The zero-order valence-corrected chi connectivity index (χ0v) is 9.54. The van der Waals surface area contributed by atoms with Crippen molar-refractivity contribution in [1.82, 2.24) is 9.97 Å². The van der Waals surface area contributed by atoms with E-state index in [0.717, 1.165) is 0 Å². The van der Waals surface area contributed by atoms with Crippen molar-refractivity contribution in [3.05, 3.63) is 30.1 Å². The van der Waals surface area contributed by atoms with Gasteiger partial charge in [0, 0.05) is 11.3 Å². The van der Waals surface area contributed by atoms with Gasteiger partial charge in [-0.15, -0.1) is 12.4 Å². The molecule has 0 bridgehead atoms. The van der Waals surface area contributed by atoms with Crippen molar-refractivity contribution in [2.75, 3.05) is 17.2 Å². The van der Waals surface area contributed by atoms with E-state index in [9.17, 15) is 4.39 Å². The smallest absolute Gasteiger partial charge is 0.222 e. The van der Waals surface area contributed by atoms with Crippen molar-refractivity contribution < 1.29 is 4.39 Å². The van der Waals surface area contributed by atoms with Crippen molar-refractivity contribution in [3.8, 4) is 11.3 Å². The monoisotopic (exact) mass is 255 g/mol. The topological polar surface area (TPSA) is 104 Å². The van der Waals surface area contributed by atoms with Crippen LogP contribution in [0.15, 0.2) is 24.3 Å². The molecule has 0 aliphatic heterocycles. The average molecular weight is 256 g/mol. The first kappa shape index (κ1) is 13.0. The van der Waals surface area contributed by atoms with Crippen LogP contribution >= 0.6 is 12.4 Å². The van der Waals surface area contributed by atoms with Gasteiger partial charge < -0.3 is 17.2 Å². The van der Waals surface area contributed by atoms with E-state index >= 15 is 0 Å². The molecule has 1 heterocycles. The molecule has 90 valence electrons. The van der Waals surface area contributed by atoms with Gasteiger partial charge in [-0.05, 0) is 12.1 Å². The summed E-state index contributed by atoms with van der Waals surface area (Å²) in [5, 5.41) is 0. The number of anilines is 3. The Labute approximate surface area is 103 Å². The van der Waals surface area contributed by atoms with Crippen LogP contribution in [0.25, 0.3) is 11.3 Å². The highest BCUT2D eigenvalue weighted by Crippen LogP contribution is 2.24. The van der Waals surface area contributed by atoms with Crippen LogP contribution in [0, 0.1) is 5.82 Å². The Balaban J connectivity index is 0.00000144. The highest BCUT2D eigenvalue weighted by molar-refractivity contribution is 5.85. The molecule has 5 nitrogen and oxygen atoms in total. The Kier molecular flexibility index (Phi) is 3.69. The molecule has 1 aromatic heterocycles. The first-order valence-corrected chi connectivity index (χ1v) is 4.52. The van der Waals surface area contributed by atoms with Crippen LogP contribution in [0.2, 0.25) is 0 Å². The molecule has 0 spiro atoms. The molecule has 17 heavy (non-hydrogen) atoms. The number of halogens is 2. The molecular weight excluding hydrogens is 245 g/mol. The molecule has 0 saturated heterocycles. The van der Waals surface area contributed by atoms with Crippen LogP contribution in [0.4, 0.5) is 21.8 Å². The molecule has 0 amide bonds. The fourth-order valence-electron chi connectivity index (χ4n) is 1.31. The second-order valence-corrected chi connectivity index (χ2v) is 3.25. The van der Waals surface area contributed by atoms with Crippen LogP contribution < -0.4 is 17.2 Å². The van der Waals surface area contributed by atoms with Gasteiger partial charge in [0.25, 0.3) is 0 Å². The molecule has 0 atom stereocenters. The van der Waals surface area contributed by atoms with E-state index in [1.165, 1.54) is 0 Å². The number of benzene rings is 1. The number of nitrogens with two attached hydrogens (primary N) is 3. The molecule has 0 radical (unpaired) electrons. The largest absolute Gasteiger partial charge is 0.399 e. The molecule has 6 N–H and O–H groups in total. The Hall–Kier alpha value is -2.08. The third-order valence-corrected chi connectivity index (χ3v) is 2.08. The maximum absolute atomic E-state index is 13.6. The Morgan fingerprint density at radius 3 is 2.12 bits per heavy atom. The van der Waals surface area contributed by atoms with E-state index in [-0.39, 0.29) is 29.9 Å². The summed E-state index contributed by atoms with van der Waals surface area (Å²) >= 11 is 0. The zero-order chi connectivity index (χ0) is 11.7. The molecular formula is C10H11ClFN5. The van der Waals surface area contributed by atoms with E-state index in [0.29, 0.717) is 11.3 Å². The van der Waals surface area contributed by atoms with E-state index in [4.69, 9.17) is 17.2 Å². The SMILES string of the molecule is Cl.Nc1ccc(-c2nc(N)nc(N)c2F)cc1. The lowest BCUT2D eigenvalue weighted by molar-refractivity contribution is 0.625. The maximum atomic E-state index is 13.6. The summed E-state index contributed by atoms with van der Waals surface area (Å²) in [7, 11) is 0. The van der Waals surface area contributed by atoms with Crippen molar-refractivity contribution in [3.63, 3.8) is 0 Å². The van der Waals surface area contributed by atoms with Gasteiger partial charge in [-0.1, -0.05) is 12.1 Å². The lowest BCUT2D eigenvalue weighted by atomic mass is 10.1. The minimum absolute atomic E-state index is 0. The molecule has 1 aromatic carbocycles. The van der Waals surface area contributed by atoms with Gasteiger partial charge in [-0.2, -0.15) is 4.98 Å². The lowest BCUT2D eigenvalue weighted by Crippen LogP contribution is -2.05. The highest BCUT2D eigenvalue weighted by atomic mass is 35.5. The third-order valence-electron chi connectivity index (χ3n) is 2.08. The minimum atomic E-state index is -0.682. The van der Waals surface area contributed by atoms with Crippen molar-refractivity contribution in [2.45, 2.75) is 0 Å². The number of nitrogen functional groups attached to an aromatic ring is 3. The first-order valence-electron chi connectivity index (χ1n) is 4.52. The van der Waals surface area contributed by atoms with Crippen LogP contribution in [0.1, 0.15) is 0 Å². The van der Waals surface area contributed by atoms with Crippen molar-refractivity contribution >= 4 is 29.9 Å². The molecule has 0 aliphatic carbocycles. The highest BCUT2D eigenvalue weighted by Gasteiger charge is 2.12. The van der Waals surface area contributed by atoms with Gasteiger partial charge in [0.1, 0.15) is 5.69 Å². The Morgan fingerprint density at radius 1 is 0.941 bits per heavy atom. The quantitative estimate of drug-likeness (QED) is 0.669. The van der Waals surface area contributed by atoms with Crippen LogP contribution in [0.5, 0.6) is 0 Å². The van der Waals surface area contributed by atoms with Crippen LogP contribution in [0.3, 0.4) is 0 Å². The van der Waals surface area contributed by atoms with Gasteiger partial charge in [0.15, 0.2) is 11.6 Å². The number of nitrogens with zero attached hydrogens (tertiary/aromatic N) is 2. The van der Waals surface area contributed by atoms with Gasteiger partial charge in [0.2, 0.25) is 5.95 Å². The molecule has 0 saturated carbocycles. The first-order chi connectivity index (χ1) is 7.58. The Bertz CT molecular complexity index is 529. The second-order valence-electron chi connectivity index (χ2n) is 3.25. The number of aromatic nitrogens is 2. The fourth-order valence-corrected chi connectivity index (χ4v) is 1.31. The molecule has 7 heteroatoms. The summed E-state index contributed by atoms with van der Waals surface area (Å²) in [5.41, 5.74) is 17.5. The van der Waals surface area contributed by atoms with Crippen molar-refractivity contribution in [2.24, 2.45) is 0 Å². The van der Waals surface area contributed by atoms with Gasteiger partial charge in [0.05, 0.1) is 0 Å². The molecule has 0 unspecified atom stereocenters. The molecule has 2 aromatic rings. The van der Waals surface area contributed by atoms with Gasteiger partial charge in [-0.3, -0.25) is 0 Å². The van der Waals surface area contributed by atoms with Crippen LogP contribution in [-0.2, 0) is 0 Å². The summed E-state index contributed by atoms with van der Waals surface area (Å²) in [6.07, 6.45) is 0. The predicted octanol–water partition coefficient (Wildman–Crippen LogP) is 1.45. The number of hydrogen-bond donors (Lipinski definition) is 3. The lowest BCUT2D eigenvalue weighted by Gasteiger charge is -2.05. The predicted molar refractivity (Wildman–Crippen MR) is 67.9 cm³/mol. The van der Waals surface area contributed by atoms with Gasteiger partial charge in [-0.25, -0.2) is 9.37 Å². The summed E-state index contributed by atoms with van der Waals surface area (Å²) in [4.78, 5) is 7.33. The van der Waals surface area contributed by atoms with E-state index in [2.05, 4.69) is 9.97 Å². The molecule has 0 aliphatic rings. The number of hydrogen-bond acceptors (Lipinski definition) is 5. The standard InChI is InChI=1S/C10H10FN5.ClH/c11-7-8(15-10(14)16-9(7)13)5-1-3-6(12)4-2-5;/h1-4H,12H2,(H4,13,14,15,16);1H. The minimum Gasteiger partial charge on any atom is -0.399 e. The molecule has 2 rings (SSSR count). The van der Waals surface area contributed by atoms with Crippen LogP contribution in [-0.4, -0.2) is 9.97 Å². The van der Waals surface area contributed by atoms with E-state index in [1.807, 2.05) is 0 Å². The molecule has 0 fully saturated rings. The Morgan fingerprint density at radius 2 is 1.53 bits per heavy atom. The van der Waals surface area contributed by atoms with Gasteiger partial charge >= 0.3 is 0 Å². The summed E-state index contributed by atoms with van der Waals surface area (Å²) in [6.45, 7) is 0. The average Bonchev–Trinajstić information content (AvgIpc) is 2.25. The summed E-state index contributed by atoms with van der Waals surface area (Å²) in [6, 6.07) is 6.56. The summed E-state index contributed by atoms with van der Waals surface area (Å²) < 4.78 is 13.6. The van der Waals surface area contributed by atoms with E-state index < -0.39 is 5.82 Å². The zero-order valence-electron chi connectivity index (χ0n) is 8.72. The van der Waals surface area contributed by atoms with E-state index in [1.54, 1.807) is 24.3 Å².